The van der Waals surface area contributed by atoms with Crippen LogP contribution >= 0.6 is 0 Å². The molecular formula is C17H27N3O3. The van der Waals surface area contributed by atoms with Crippen LogP contribution in [0.4, 0.5) is 4.79 Å². The van der Waals surface area contributed by atoms with Gasteiger partial charge in [-0.3, -0.25) is 4.90 Å². The molecule has 0 saturated carbocycles. The van der Waals surface area contributed by atoms with Crippen LogP contribution in [0.5, 0.6) is 0 Å². The van der Waals surface area contributed by atoms with Gasteiger partial charge in [0, 0.05) is 19.6 Å². The number of aliphatic hydroxyl groups excluding tert-OH is 1. The zero-order valence-electron chi connectivity index (χ0n) is 13.6. The molecule has 3 heterocycles. The molecular weight excluding hydrogens is 294 g/mol. The zero-order chi connectivity index (χ0) is 16.1. The minimum atomic E-state index is -0.391. The molecule has 2 amide bonds. The molecule has 0 aromatic carbocycles. The van der Waals surface area contributed by atoms with Gasteiger partial charge in [0.15, 0.2) is 0 Å². The fraction of sp³-hybridized carbons (Fsp3) is 0.706. The molecule has 0 unspecified atom stereocenters. The molecule has 1 aromatic rings. The summed E-state index contributed by atoms with van der Waals surface area (Å²) in [7, 11) is 0. The SMILES string of the molecule is O=C(NC[C@@H](c1ccco1)N1CCCCC1)N1CCC[C@H](O)C1. The number of aliphatic hydroxyl groups is 1. The van der Waals surface area contributed by atoms with Gasteiger partial charge in [-0.2, -0.15) is 0 Å². The maximum atomic E-state index is 12.4. The topological polar surface area (TPSA) is 69.0 Å². The van der Waals surface area contributed by atoms with E-state index in [1.54, 1.807) is 11.2 Å². The Morgan fingerprint density at radius 2 is 2.13 bits per heavy atom. The number of hydrogen-bond donors (Lipinski definition) is 2. The minimum absolute atomic E-state index is 0.0858. The van der Waals surface area contributed by atoms with E-state index < -0.39 is 6.10 Å². The number of β-amino-alcohol motifs (C(OH)–C–C–N with tert-alkyl or cyclic N) is 1. The Kier molecular flexibility index (Phi) is 5.56. The van der Waals surface area contributed by atoms with E-state index in [-0.39, 0.29) is 12.1 Å². The van der Waals surface area contributed by atoms with Crippen molar-refractivity contribution in [1.82, 2.24) is 15.1 Å². The highest BCUT2D eigenvalue weighted by Gasteiger charge is 2.27. The second-order valence-electron chi connectivity index (χ2n) is 6.56. The van der Waals surface area contributed by atoms with Crippen molar-refractivity contribution in [3.8, 4) is 0 Å². The summed E-state index contributed by atoms with van der Waals surface area (Å²) >= 11 is 0. The fourth-order valence-electron chi connectivity index (χ4n) is 3.56. The number of hydrogen-bond acceptors (Lipinski definition) is 4. The summed E-state index contributed by atoms with van der Waals surface area (Å²) in [6.45, 7) is 3.78. The lowest BCUT2D eigenvalue weighted by Gasteiger charge is -2.35. The Bertz CT molecular complexity index is 485. The molecule has 1 aromatic heterocycles. The summed E-state index contributed by atoms with van der Waals surface area (Å²) in [6.07, 6.45) is 6.62. The van der Waals surface area contributed by atoms with Crippen LogP contribution in [0, 0.1) is 0 Å². The summed E-state index contributed by atoms with van der Waals surface area (Å²) in [5.41, 5.74) is 0. The summed E-state index contributed by atoms with van der Waals surface area (Å²) in [4.78, 5) is 16.5. The first-order valence-electron chi connectivity index (χ1n) is 8.72. The van der Waals surface area contributed by atoms with Crippen LogP contribution < -0.4 is 5.32 Å². The zero-order valence-corrected chi connectivity index (χ0v) is 13.6. The van der Waals surface area contributed by atoms with E-state index in [1.165, 1.54) is 19.3 Å². The smallest absolute Gasteiger partial charge is 0.317 e. The first kappa shape index (κ1) is 16.3. The highest BCUT2D eigenvalue weighted by atomic mass is 16.3. The van der Waals surface area contributed by atoms with Crippen molar-refractivity contribution in [3.05, 3.63) is 24.2 Å². The Balaban J connectivity index is 1.58. The number of urea groups is 1. The molecule has 2 fully saturated rings. The molecule has 6 heteroatoms. The number of likely N-dealkylation sites (tertiary alicyclic amines) is 2. The van der Waals surface area contributed by atoms with Crippen LogP contribution in [0.15, 0.2) is 22.8 Å². The second kappa shape index (κ2) is 7.84. The van der Waals surface area contributed by atoms with Crippen molar-refractivity contribution in [2.75, 3.05) is 32.7 Å². The van der Waals surface area contributed by atoms with Gasteiger partial charge in [0.1, 0.15) is 5.76 Å². The Labute approximate surface area is 137 Å². The maximum absolute atomic E-state index is 12.4. The van der Waals surface area contributed by atoms with Gasteiger partial charge in [-0.05, 0) is 50.9 Å². The normalized spacial score (nSPS) is 24.4. The molecule has 3 rings (SSSR count). The maximum Gasteiger partial charge on any atom is 0.317 e. The van der Waals surface area contributed by atoms with E-state index in [9.17, 15) is 9.90 Å². The standard InChI is InChI=1S/C17H27N3O3/c21-14-6-4-10-20(13-14)17(22)18-12-15(16-7-5-11-23-16)19-8-2-1-3-9-19/h5,7,11,14-15,21H,1-4,6,8-10,12-13H2,(H,18,22)/t14-,15-/m0/s1. The molecule has 2 N–H and O–H groups in total. The van der Waals surface area contributed by atoms with Gasteiger partial charge < -0.3 is 19.7 Å². The van der Waals surface area contributed by atoms with E-state index in [1.807, 2.05) is 12.1 Å². The van der Waals surface area contributed by atoms with Crippen LogP contribution in [0.2, 0.25) is 0 Å². The van der Waals surface area contributed by atoms with Crippen molar-refractivity contribution < 1.29 is 14.3 Å². The van der Waals surface area contributed by atoms with Crippen LogP contribution in [0.1, 0.15) is 43.9 Å². The number of amides is 2. The number of carbonyl (C=O) groups excluding carboxylic acids is 1. The molecule has 2 atom stereocenters. The number of furan rings is 1. The van der Waals surface area contributed by atoms with E-state index >= 15 is 0 Å². The first-order valence-corrected chi connectivity index (χ1v) is 8.72. The summed E-state index contributed by atoms with van der Waals surface area (Å²) in [5, 5.41) is 12.7. The molecule has 6 nitrogen and oxygen atoms in total. The third-order valence-electron chi connectivity index (χ3n) is 4.83. The summed E-state index contributed by atoms with van der Waals surface area (Å²) < 4.78 is 5.60. The van der Waals surface area contributed by atoms with Gasteiger partial charge in [-0.15, -0.1) is 0 Å². The average molecular weight is 321 g/mol. The van der Waals surface area contributed by atoms with Crippen LogP contribution in [-0.4, -0.2) is 59.8 Å². The highest BCUT2D eigenvalue weighted by molar-refractivity contribution is 5.74. The first-order chi connectivity index (χ1) is 11.2. The molecule has 0 bridgehead atoms. The number of rotatable bonds is 4. The van der Waals surface area contributed by atoms with Crippen molar-refractivity contribution in [2.45, 2.75) is 44.2 Å². The summed E-state index contributed by atoms with van der Waals surface area (Å²) in [5.74, 6) is 0.908. The average Bonchev–Trinajstić information content (AvgIpc) is 3.10. The fourth-order valence-corrected chi connectivity index (χ4v) is 3.56. The monoisotopic (exact) mass is 321 g/mol. The largest absolute Gasteiger partial charge is 0.468 e. The Morgan fingerprint density at radius 1 is 1.30 bits per heavy atom. The predicted octanol–water partition coefficient (Wildman–Crippen LogP) is 1.97. The Morgan fingerprint density at radius 3 is 2.83 bits per heavy atom. The molecule has 0 spiro atoms. The quantitative estimate of drug-likeness (QED) is 0.890. The van der Waals surface area contributed by atoms with Crippen LogP contribution in [0.3, 0.4) is 0 Å². The van der Waals surface area contributed by atoms with E-state index in [0.717, 1.165) is 38.2 Å². The van der Waals surface area contributed by atoms with Gasteiger partial charge >= 0.3 is 6.03 Å². The van der Waals surface area contributed by atoms with E-state index in [2.05, 4.69) is 10.2 Å². The number of piperidine rings is 2. The molecule has 2 aliphatic heterocycles. The number of nitrogens with zero attached hydrogens (tertiary/aromatic N) is 2. The highest BCUT2D eigenvalue weighted by Crippen LogP contribution is 2.24. The van der Waals surface area contributed by atoms with Crippen molar-refractivity contribution in [3.63, 3.8) is 0 Å². The minimum Gasteiger partial charge on any atom is -0.468 e. The molecule has 0 radical (unpaired) electrons. The number of carbonyl (C=O) groups is 1. The third kappa shape index (κ3) is 4.26. The Hall–Kier alpha value is -1.53. The second-order valence-corrected chi connectivity index (χ2v) is 6.56. The lowest BCUT2D eigenvalue weighted by molar-refractivity contribution is 0.0822. The van der Waals surface area contributed by atoms with Crippen molar-refractivity contribution in [1.29, 1.82) is 0 Å². The molecule has 2 saturated heterocycles. The molecule has 128 valence electrons. The number of nitrogens with one attached hydrogen (secondary N) is 1. The van der Waals surface area contributed by atoms with Gasteiger partial charge in [0.2, 0.25) is 0 Å². The van der Waals surface area contributed by atoms with Gasteiger partial charge in [0.25, 0.3) is 0 Å². The van der Waals surface area contributed by atoms with Crippen molar-refractivity contribution >= 4 is 6.03 Å². The van der Waals surface area contributed by atoms with Gasteiger partial charge in [-0.25, -0.2) is 4.79 Å². The lowest BCUT2D eigenvalue weighted by atomic mass is 10.1. The third-order valence-corrected chi connectivity index (χ3v) is 4.83. The molecule has 2 aliphatic rings. The van der Waals surface area contributed by atoms with E-state index in [4.69, 9.17) is 4.42 Å². The van der Waals surface area contributed by atoms with Crippen LogP contribution in [0.25, 0.3) is 0 Å². The van der Waals surface area contributed by atoms with Crippen LogP contribution in [-0.2, 0) is 0 Å². The molecule has 0 aliphatic carbocycles. The molecule has 23 heavy (non-hydrogen) atoms. The predicted molar refractivity (Wildman–Crippen MR) is 87.1 cm³/mol. The van der Waals surface area contributed by atoms with Crippen molar-refractivity contribution in [2.24, 2.45) is 0 Å². The van der Waals surface area contributed by atoms with Gasteiger partial charge in [0.05, 0.1) is 18.4 Å². The summed E-state index contributed by atoms with van der Waals surface area (Å²) in [6, 6.07) is 3.88. The van der Waals surface area contributed by atoms with Gasteiger partial charge in [-0.1, -0.05) is 6.42 Å². The van der Waals surface area contributed by atoms with E-state index in [0.29, 0.717) is 13.1 Å². The lowest BCUT2D eigenvalue weighted by Crippen LogP contribution is -2.49.